The van der Waals surface area contributed by atoms with Gasteiger partial charge in [-0.05, 0) is 30.4 Å². The third-order valence-electron chi connectivity index (χ3n) is 2.84. The Labute approximate surface area is 123 Å². The molecule has 0 spiro atoms. The predicted octanol–water partition coefficient (Wildman–Crippen LogP) is 3.03. The van der Waals surface area contributed by atoms with Gasteiger partial charge in [-0.2, -0.15) is 0 Å². The first-order valence-electron chi connectivity index (χ1n) is 6.35. The number of urea groups is 1. The number of carboxylic acid groups (broad SMARTS) is 1. The molecule has 1 aromatic carbocycles. The zero-order valence-electron chi connectivity index (χ0n) is 11.8. The van der Waals surface area contributed by atoms with E-state index in [9.17, 15) is 9.59 Å². The molecule has 110 valence electrons. The molecular formula is C14H20N2O3S. The molecule has 0 heterocycles. The van der Waals surface area contributed by atoms with E-state index in [1.807, 2.05) is 38.3 Å². The van der Waals surface area contributed by atoms with Gasteiger partial charge in [-0.25, -0.2) is 4.79 Å². The molecule has 0 bridgehead atoms. The molecule has 1 rings (SSSR count). The maximum absolute atomic E-state index is 11.9. The Morgan fingerprint density at radius 2 is 2.05 bits per heavy atom. The summed E-state index contributed by atoms with van der Waals surface area (Å²) < 4.78 is 0. The Morgan fingerprint density at radius 3 is 2.60 bits per heavy atom. The number of carboxylic acids is 1. The molecule has 0 aliphatic heterocycles. The number of aliphatic carboxylic acids is 1. The summed E-state index contributed by atoms with van der Waals surface area (Å²) in [6.07, 6.45) is 1.87. The third kappa shape index (κ3) is 5.52. The van der Waals surface area contributed by atoms with Crippen molar-refractivity contribution in [3.63, 3.8) is 0 Å². The molecule has 6 heteroatoms. The minimum atomic E-state index is -0.923. The number of hydrogen-bond donors (Lipinski definition) is 3. The van der Waals surface area contributed by atoms with Crippen molar-refractivity contribution in [2.24, 2.45) is 5.92 Å². The lowest BCUT2D eigenvalue weighted by Crippen LogP contribution is -2.42. The van der Waals surface area contributed by atoms with Gasteiger partial charge in [-0.1, -0.05) is 19.9 Å². The highest BCUT2D eigenvalue weighted by molar-refractivity contribution is 7.98. The zero-order valence-corrected chi connectivity index (χ0v) is 12.7. The Morgan fingerprint density at radius 1 is 1.35 bits per heavy atom. The van der Waals surface area contributed by atoms with Crippen molar-refractivity contribution < 1.29 is 14.7 Å². The first-order chi connectivity index (χ1) is 9.42. The Balaban J connectivity index is 2.62. The van der Waals surface area contributed by atoms with E-state index in [1.54, 1.807) is 17.8 Å². The molecule has 0 aromatic heterocycles. The van der Waals surface area contributed by atoms with Crippen LogP contribution < -0.4 is 10.6 Å². The summed E-state index contributed by atoms with van der Waals surface area (Å²) in [6, 6.07) is 6.69. The van der Waals surface area contributed by atoms with Crippen LogP contribution in [-0.4, -0.2) is 29.4 Å². The van der Waals surface area contributed by atoms with E-state index < -0.39 is 12.0 Å². The molecule has 2 amide bonds. The molecule has 20 heavy (non-hydrogen) atoms. The summed E-state index contributed by atoms with van der Waals surface area (Å²) in [5, 5.41) is 14.2. The number of benzene rings is 1. The van der Waals surface area contributed by atoms with Gasteiger partial charge < -0.3 is 15.7 Å². The average molecular weight is 296 g/mol. The second-order valence-electron chi connectivity index (χ2n) is 4.78. The van der Waals surface area contributed by atoms with E-state index in [4.69, 9.17) is 5.11 Å². The van der Waals surface area contributed by atoms with E-state index >= 15 is 0 Å². The van der Waals surface area contributed by atoms with E-state index in [1.165, 1.54) is 0 Å². The monoisotopic (exact) mass is 296 g/mol. The van der Waals surface area contributed by atoms with Gasteiger partial charge in [0.05, 0.1) is 6.42 Å². The molecule has 0 fully saturated rings. The lowest BCUT2D eigenvalue weighted by atomic mass is 10.0. The molecule has 0 saturated heterocycles. The summed E-state index contributed by atoms with van der Waals surface area (Å²) in [7, 11) is 0. The van der Waals surface area contributed by atoms with Crippen molar-refractivity contribution in [1.29, 1.82) is 0 Å². The Bertz CT molecular complexity index is 477. The van der Waals surface area contributed by atoms with E-state index in [0.29, 0.717) is 5.69 Å². The molecule has 1 aromatic rings. The van der Waals surface area contributed by atoms with Crippen molar-refractivity contribution in [2.45, 2.75) is 31.2 Å². The fourth-order valence-electron chi connectivity index (χ4n) is 1.68. The minimum absolute atomic E-state index is 0.0504. The van der Waals surface area contributed by atoms with Gasteiger partial charge in [0.15, 0.2) is 0 Å². The first-order valence-corrected chi connectivity index (χ1v) is 7.58. The second kappa shape index (κ2) is 7.79. The average Bonchev–Trinajstić information content (AvgIpc) is 2.37. The van der Waals surface area contributed by atoms with Crippen LogP contribution in [-0.2, 0) is 4.79 Å². The largest absolute Gasteiger partial charge is 0.481 e. The van der Waals surface area contributed by atoms with Gasteiger partial charge in [0.2, 0.25) is 0 Å². The number of amides is 2. The van der Waals surface area contributed by atoms with Gasteiger partial charge in [-0.3, -0.25) is 4.79 Å². The number of thioether (sulfide) groups is 1. The number of carbonyl (C=O) groups excluding carboxylic acids is 1. The van der Waals surface area contributed by atoms with Crippen LogP contribution in [0.2, 0.25) is 0 Å². The minimum Gasteiger partial charge on any atom is -0.481 e. The molecule has 3 N–H and O–H groups in total. The normalized spacial score (nSPS) is 12.0. The number of hydrogen-bond acceptors (Lipinski definition) is 3. The van der Waals surface area contributed by atoms with Crippen molar-refractivity contribution in [2.75, 3.05) is 11.6 Å². The number of carbonyl (C=O) groups is 2. The zero-order chi connectivity index (χ0) is 15.1. The molecule has 5 nitrogen and oxygen atoms in total. The topological polar surface area (TPSA) is 78.4 Å². The van der Waals surface area contributed by atoms with Crippen molar-refractivity contribution in [3.8, 4) is 0 Å². The maximum Gasteiger partial charge on any atom is 0.319 e. The van der Waals surface area contributed by atoms with Crippen molar-refractivity contribution in [3.05, 3.63) is 24.3 Å². The fraction of sp³-hybridized carbons (Fsp3) is 0.429. The standard InChI is InChI=1S/C14H20N2O3S/c1-9(2)12(8-13(17)18)16-14(19)15-10-5-4-6-11(7-10)20-3/h4-7,9,12H,8H2,1-3H3,(H,17,18)(H2,15,16,19). The summed E-state index contributed by atoms with van der Waals surface area (Å²) >= 11 is 1.59. The van der Waals surface area contributed by atoms with Gasteiger partial charge >= 0.3 is 12.0 Å². The molecule has 1 atom stereocenters. The highest BCUT2D eigenvalue weighted by atomic mass is 32.2. The number of rotatable bonds is 6. The maximum atomic E-state index is 11.9. The first kappa shape index (κ1) is 16.4. The Kier molecular flexibility index (Phi) is 6.38. The van der Waals surface area contributed by atoms with E-state index in [2.05, 4.69) is 10.6 Å². The van der Waals surface area contributed by atoms with Gasteiger partial charge in [0, 0.05) is 16.6 Å². The lowest BCUT2D eigenvalue weighted by Gasteiger charge is -2.20. The highest BCUT2D eigenvalue weighted by Crippen LogP contribution is 2.19. The number of anilines is 1. The predicted molar refractivity (Wildman–Crippen MR) is 81.3 cm³/mol. The van der Waals surface area contributed by atoms with Gasteiger partial charge in [0.1, 0.15) is 0 Å². The molecule has 0 aliphatic rings. The quantitative estimate of drug-likeness (QED) is 0.705. The van der Waals surface area contributed by atoms with Crippen LogP contribution in [0.5, 0.6) is 0 Å². The SMILES string of the molecule is CSc1cccc(NC(=O)NC(CC(=O)O)C(C)C)c1. The number of nitrogens with one attached hydrogen (secondary N) is 2. The fourth-order valence-corrected chi connectivity index (χ4v) is 2.14. The summed E-state index contributed by atoms with van der Waals surface area (Å²) in [5.74, 6) is -0.872. The summed E-state index contributed by atoms with van der Waals surface area (Å²) in [5.41, 5.74) is 0.687. The second-order valence-corrected chi connectivity index (χ2v) is 5.66. The van der Waals surface area contributed by atoms with Crippen LogP contribution >= 0.6 is 11.8 Å². The lowest BCUT2D eigenvalue weighted by molar-refractivity contribution is -0.137. The van der Waals surface area contributed by atoms with Crippen LogP contribution in [0.1, 0.15) is 20.3 Å². The molecule has 0 saturated carbocycles. The van der Waals surface area contributed by atoms with Crippen molar-refractivity contribution >= 4 is 29.4 Å². The van der Waals surface area contributed by atoms with E-state index in [-0.39, 0.29) is 18.4 Å². The van der Waals surface area contributed by atoms with Gasteiger partial charge in [-0.15, -0.1) is 11.8 Å². The third-order valence-corrected chi connectivity index (χ3v) is 3.57. The molecule has 0 aliphatic carbocycles. The van der Waals surface area contributed by atoms with Crippen LogP contribution in [0.25, 0.3) is 0 Å². The van der Waals surface area contributed by atoms with Crippen molar-refractivity contribution in [1.82, 2.24) is 5.32 Å². The van der Waals surface area contributed by atoms with Crippen LogP contribution in [0.4, 0.5) is 10.5 Å². The Hall–Kier alpha value is -1.69. The highest BCUT2D eigenvalue weighted by Gasteiger charge is 2.19. The molecule has 1 unspecified atom stereocenters. The summed E-state index contributed by atoms with van der Waals surface area (Å²) in [6.45, 7) is 3.75. The van der Waals surface area contributed by atoms with Gasteiger partial charge in [0.25, 0.3) is 0 Å². The van der Waals surface area contributed by atoms with E-state index in [0.717, 1.165) is 4.90 Å². The van der Waals surface area contributed by atoms with Crippen LogP contribution in [0, 0.1) is 5.92 Å². The summed E-state index contributed by atoms with van der Waals surface area (Å²) in [4.78, 5) is 23.7. The molecule has 0 radical (unpaired) electrons. The molecular weight excluding hydrogens is 276 g/mol. The van der Waals surface area contributed by atoms with Crippen LogP contribution in [0.15, 0.2) is 29.2 Å². The van der Waals surface area contributed by atoms with Crippen LogP contribution in [0.3, 0.4) is 0 Å². The smallest absolute Gasteiger partial charge is 0.319 e.